The fraction of sp³-hybridized carbons (Fsp3) is 1.00. The number of nitrogens with zero attached hydrogens (tertiary/aromatic N) is 1. The molecule has 10 heavy (non-hydrogen) atoms. The van der Waals surface area contributed by atoms with Crippen LogP contribution < -0.4 is 0 Å². The summed E-state index contributed by atoms with van der Waals surface area (Å²) in [6, 6.07) is 0.578. The summed E-state index contributed by atoms with van der Waals surface area (Å²) in [6.07, 6.45) is 0. The first kappa shape index (κ1) is 9.92. The van der Waals surface area contributed by atoms with Gasteiger partial charge >= 0.3 is 0 Å². The van der Waals surface area contributed by atoms with Gasteiger partial charge in [0.25, 0.3) is 0 Å². The van der Waals surface area contributed by atoms with Crippen LogP contribution in [0.2, 0.25) is 0 Å². The molecule has 1 N–H and O–H groups in total. The summed E-state index contributed by atoms with van der Waals surface area (Å²) in [5.74, 6) is 0.396. The van der Waals surface area contributed by atoms with Crippen molar-refractivity contribution in [3.63, 3.8) is 0 Å². The van der Waals surface area contributed by atoms with Crippen LogP contribution in [-0.4, -0.2) is 36.2 Å². The van der Waals surface area contributed by atoms with Gasteiger partial charge in [-0.2, -0.15) is 0 Å². The molecule has 0 aliphatic heterocycles. The topological polar surface area (TPSA) is 23.5 Å². The lowest BCUT2D eigenvalue weighted by Crippen LogP contribution is -2.31. The van der Waals surface area contributed by atoms with E-state index in [-0.39, 0.29) is 6.61 Å². The molecule has 0 aromatic heterocycles. The first-order valence-corrected chi connectivity index (χ1v) is 3.89. The van der Waals surface area contributed by atoms with Crippen molar-refractivity contribution < 1.29 is 5.11 Å². The van der Waals surface area contributed by atoms with Crippen LogP contribution in [-0.2, 0) is 0 Å². The molecule has 0 heterocycles. The van der Waals surface area contributed by atoms with Crippen LogP contribution >= 0.6 is 0 Å². The van der Waals surface area contributed by atoms with Crippen LogP contribution in [0, 0.1) is 5.92 Å². The minimum atomic E-state index is 0.289. The molecule has 0 saturated heterocycles. The molecule has 0 saturated carbocycles. The Kier molecular flexibility index (Phi) is 4.65. The van der Waals surface area contributed by atoms with Crippen LogP contribution in [0.15, 0.2) is 0 Å². The van der Waals surface area contributed by atoms with Crippen LogP contribution in [0.1, 0.15) is 20.8 Å². The minimum absolute atomic E-state index is 0.289. The van der Waals surface area contributed by atoms with Crippen LogP contribution in [0.4, 0.5) is 0 Å². The van der Waals surface area contributed by atoms with Crippen molar-refractivity contribution in [3.05, 3.63) is 0 Å². The van der Waals surface area contributed by atoms with Crippen molar-refractivity contribution in [3.8, 4) is 0 Å². The summed E-state index contributed by atoms with van der Waals surface area (Å²) in [7, 11) is 2.08. The van der Waals surface area contributed by atoms with Gasteiger partial charge in [-0.3, -0.25) is 0 Å². The second kappa shape index (κ2) is 4.69. The molecule has 2 nitrogen and oxygen atoms in total. The summed E-state index contributed by atoms with van der Waals surface area (Å²) in [5, 5.41) is 8.74. The standard InChI is InChI=1S/C8H19NO/c1-7(2)9(4)5-8(3)6-10/h7-8,10H,5-6H2,1-4H3. The maximum absolute atomic E-state index is 8.74. The van der Waals surface area contributed by atoms with E-state index in [0.717, 1.165) is 6.54 Å². The lowest BCUT2D eigenvalue weighted by molar-refractivity contribution is 0.172. The van der Waals surface area contributed by atoms with Crippen molar-refractivity contribution in [1.29, 1.82) is 0 Å². The fourth-order valence-electron chi connectivity index (χ4n) is 0.760. The Morgan fingerprint density at radius 3 is 2.10 bits per heavy atom. The highest BCUT2D eigenvalue weighted by Gasteiger charge is 2.06. The van der Waals surface area contributed by atoms with Crippen molar-refractivity contribution in [2.45, 2.75) is 26.8 Å². The number of aliphatic hydroxyl groups excluding tert-OH is 1. The van der Waals surface area contributed by atoms with E-state index in [1.54, 1.807) is 0 Å². The molecule has 0 amide bonds. The maximum Gasteiger partial charge on any atom is 0.0468 e. The van der Waals surface area contributed by atoms with Gasteiger partial charge in [-0.15, -0.1) is 0 Å². The van der Waals surface area contributed by atoms with E-state index in [2.05, 4.69) is 32.7 Å². The average Bonchev–Trinajstić information content (AvgIpc) is 1.87. The molecule has 1 unspecified atom stereocenters. The maximum atomic E-state index is 8.74. The normalized spacial score (nSPS) is 14.7. The Hall–Kier alpha value is -0.0800. The van der Waals surface area contributed by atoms with Gasteiger partial charge in [0.15, 0.2) is 0 Å². The highest BCUT2D eigenvalue weighted by molar-refractivity contribution is 4.60. The van der Waals surface area contributed by atoms with E-state index in [0.29, 0.717) is 12.0 Å². The molecule has 0 aromatic carbocycles. The zero-order valence-electron chi connectivity index (χ0n) is 7.46. The van der Waals surface area contributed by atoms with E-state index in [9.17, 15) is 0 Å². The molecular formula is C8H19NO. The van der Waals surface area contributed by atoms with Crippen molar-refractivity contribution >= 4 is 0 Å². The first-order valence-electron chi connectivity index (χ1n) is 3.89. The van der Waals surface area contributed by atoms with Crippen molar-refractivity contribution in [1.82, 2.24) is 4.90 Å². The van der Waals surface area contributed by atoms with E-state index in [1.165, 1.54) is 0 Å². The molecule has 0 bridgehead atoms. The number of rotatable bonds is 4. The summed E-state index contributed by atoms with van der Waals surface area (Å²) in [5.41, 5.74) is 0. The van der Waals surface area contributed by atoms with Crippen LogP contribution in [0.3, 0.4) is 0 Å². The van der Waals surface area contributed by atoms with Gasteiger partial charge in [0, 0.05) is 19.2 Å². The second-order valence-corrected chi connectivity index (χ2v) is 3.32. The van der Waals surface area contributed by atoms with Crippen LogP contribution in [0.25, 0.3) is 0 Å². The van der Waals surface area contributed by atoms with Gasteiger partial charge in [-0.05, 0) is 26.8 Å². The third kappa shape index (κ3) is 3.85. The third-order valence-corrected chi connectivity index (χ3v) is 1.79. The third-order valence-electron chi connectivity index (χ3n) is 1.79. The summed E-state index contributed by atoms with van der Waals surface area (Å²) < 4.78 is 0. The number of hydrogen-bond donors (Lipinski definition) is 1. The van der Waals surface area contributed by atoms with Gasteiger partial charge < -0.3 is 10.0 Å². The minimum Gasteiger partial charge on any atom is -0.396 e. The second-order valence-electron chi connectivity index (χ2n) is 3.32. The van der Waals surface area contributed by atoms with Gasteiger partial charge in [0.2, 0.25) is 0 Å². The predicted molar refractivity (Wildman–Crippen MR) is 44.0 cm³/mol. The molecule has 0 aromatic rings. The molecule has 62 valence electrons. The van der Waals surface area contributed by atoms with Crippen molar-refractivity contribution in [2.24, 2.45) is 5.92 Å². The molecule has 0 spiro atoms. The van der Waals surface area contributed by atoms with Gasteiger partial charge in [0.05, 0.1) is 0 Å². The Labute approximate surface area is 63.8 Å². The highest BCUT2D eigenvalue weighted by Crippen LogP contribution is 1.99. The quantitative estimate of drug-likeness (QED) is 0.637. The van der Waals surface area contributed by atoms with Gasteiger partial charge in [-0.25, -0.2) is 0 Å². The Morgan fingerprint density at radius 1 is 1.30 bits per heavy atom. The van der Waals surface area contributed by atoms with Crippen LogP contribution in [0.5, 0.6) is 0 Å². The van der Waals surface area contributed by atoms with E-state index < -0.39 is 0 Å². The smallest absolute Gasteiger partial charge is 0.0468 e. The lowest BCUT2D eigenvalue weighted by atomic mass is 10.2. The zero-order chi connectivity index (χ0) is 8.15. The summed E-state index contributed by atoms with van der Waals surface area (Å²) in [4.78, 5) is 2.24. The first-order chi connectivity index (χ1) is 4.57. The van der Waals surface area contributed by atoms with Crippen molar-refractivity contribution in [2.75, 3.05) is 20.2 Å². The Balaban J connectivity index is 3.46. The van der Waals surface area contributed by atoms with Gasteiger partial charge in [-0.1, -0.05) is 6.92 Å². The molecule has 0 aliphatic rings. The molecule has 2 heteroatoms. The average molecular weight is 145 g/mol. The molecular weight excluding hydrogens is 126 g/mol. The molecule has 0 rings (SSSR count). The Morgan fingerprint density at radius 2 is 1.80 bits per heavy atom. The molecule has 0 radical (unpaired) electrons. The Bertz CT molecular complexity index is 83.3. The van der Waals surface area contributed by atoms with E-state index in [4.69, 9.17) is 5.11 Å². The lowest BCUT2D eigenvalue weighted by Gasteiger charge is -2.23. The van der Waals surface area contributed by atoms with E-state index >= 15 is 0 Å². The number of aliphatic hydroxyl groups is 1. The SMILES string of the molecule is CC(CO)CN(C)C(C)C. The molecule has 0 aliphatic carbocycles. The van der Waals surface area contributed by atoms with Gasteiger partial charge in [0.1, 0.15) is 0 Å². The van der Waals surface area contributed by atoms with E-state index in [1.807, 2.05) is 0 Å². The zero-order valence-corrected chi connectivity index (χ0v) is 7.46. The number of hydrogen-bond acceptors (Lipinski definition) is 2. The molecule has 1 atom stereocenters. The predicted octanol–water partition coefficient (Wildman–Crippen LogP) is 0.955. The highest BCUT2D eigenvalue weighted by atomic mass is 16.3. The largest absolute Gasteiger partial charge is 0.396 e. The summed E-state index contributed by atoms with van der Waals surface area (Å²) in [6.45, 7) is 7.64. The fourth-order valence-corrected chi connectivity index (χ4v) is 0.760. The summed E-state index contributed by atoms with van der Waals surface area (Å²) >= 11 is 0. The monoisotopic (exact) mass is 145 g/mol. The molecule has 0 fully saturated rings.